The third-order valence-electron chi connectivity index (χ3n) is 3.70. The Morgan fingerprint density at radius 1 is 1.18 bits per heavy atom. The Morgan fingerprint density at radius 3 is 2.54 bits per heavy atom. The Hall–Kier alpha value is -3.25. The van der Waals surface area contributed by atoms with E-state index in [0.717, 1.165) is 37.5 Å². The number of aryl methyl sites for hydroxylation is 1. The van der Waals surface area contributed by atoms with E-state index in [2.05, 4.69) is 30.0 Å². The van der Waals surface area contributed by atoms with E-state index < -0.39 is 18.1 Å². The van der Waals surface area contributed by atoms with Gasteiger partial charge in [-0.05, 0) is 18.9 Å². The van der Waals surface area contributed by atoms with Crippen molar-refractivity contribution in [2.45, 2.75) is 44.9 Å². The van der Waals surface area contributed by atoms with Gasteiger partial charge in [-0.15, -0.1) is 10.2 Å². The SMILES string of the molecule is O=C(O)C(F)(F)F.O=C(O)c1nccc(NCc2nnc3n2CCCCC3)n1. The topological polar surface area (TPSA) is 143 Å². The van der Waals surface area contributed by atoms with Crippen molar-refractivity contribution in [1.29, 1.82) is 0 Å². The highest BCUT2D eigenvalue weighted by Gasteiger charge is 2.38. The Balaban J connectivity index is 0.000000345. The van der Waals surface area contributed by atoms with Crippen LogP contribution in [-0.4, -0.2) is 53.1 Å². The second-order valence-corrected chi connectivity index (χ2v) is 5.72. The molecule has 0 radical (unpaired) electrons. The normalized spacial score (nSPS) is 13.5. The highest BCUT2D eigenvalue weighted by Crippen LogP contribution is 2.15. The molecule has 0 spiro atoms. The van der Waals surface area contributed by atoms with Crippen LogP contribution in [0.2, 0.25) is 0 Å². The fraction of sp³-hybridized carbons (Fsp3) is 0.467. The molecule has 0 saturated heterocycles. The first-order chi connectivity index (χ1) is 13.2. The number of rotatable bonds is 4. The number of nitrogens with one attached hydrogen (secondary N) is 1. The van der Waals surface area contributed by atoms with E-state index in [1.165, 1.54) is 12.6 Å². The Bertz CT molecular complexity index is 839. The fourth-order valence-electron chi connectivity index (χ4n) is 2.41. The molecule has 3 rings (SSSR count). The molecule has 2 aromatic rings. The quantitative estimate of drug-likeness (QED) is 0.696. The van der Waals surface area contributed by atoms with E-state index >= 15 is 0 Å². The van der Waals surface area contributed by atoms with Crippen molar-refractivity contribution in [2.24, 2.45) is 0 Å². The van der Waals surface area contributed by atoms with Gasteiger partial charge in [-0.25, -0.2) is 19.6 Å². The molecule has 1 aliphatic heterocycles. The number of aromatic nitrogens is 5. The van der Waals surface area contributed by atoms with E-state index in [9.17, 15) is 18.0 Å². The van der Waals surface area contributed by atoms with Gasteiger partial charge in [-0.2, -0.15) is 13.2 Å². The summed E-state index contributed by atoms with van der Waals surface area (Å²) < 4.78 is 33.9. The zero-order valence-corrected chi connectivity index (χ0v) is 14.5. The molecule has 0 fully saturated rings. The molecule has 0 atom stereocenters. The van der Waals surface area contributed by atoms with Crippen LogP contribution in [0.4, 0.5) is 19.0 Å². The molecule has 0 aliphatic carbocycles. The largest absolute Gasteiger partial charge is 0.490 e. The molecule has 0 bridgehead atoms. The number of hydrogen-bond donors (Lipinski definition) is 3. The Labute approximate surface area is 156 Å². The summed E-state index contributed by atoms with van der Waals surface area (Å²) in [5, 5.41) is 27.5. The molecule has 152 valence electrons. The third kappa shape index (κ3) is 5.89. The van der Waals surface area contributed by atoms with Crippen LogP contribution in [0.25, 0.3) is 0 Å². The first-order valence-corrected chi connectivity index (χ1v) is 8.19. The number of anilines is 1. The summed E-state index contributed by atoms with van der Waals surface area (Å²) in [6.07, 6.45) is 0.797. The number of carbonyl (C=O) groups is 2. The number of fused-ring (bicyclic) bond motifs is 1. The maximum Gasteiger partial charge on any atom is 0.490 e. The lowest BCUT2D eigenvalue weighted by Gasteiger charge is -2.08. The number of aliphatic carboxylic acids is 1. The number of carboxylic acid groups (broad SMARTS) is 2. The monoisotopic (exact) mass is 402 g/mol. The van der Waals surface area contributed by atoms with Crippen molar-refractivity contribution >= 4 is 17.8 Å². The van der Waals surface area contributed by atoms with Crippen molar-refractivity contribution in [3.63, 3.8) is 0 Å². The van der Waals surface area contributed by atoms with Gasteiger partial charge in [0.15, 0.2) is 5.82 Å². The lowest BCUT2D eigenvalue weighted by molar-refractivity contribution is -0.192. The van der Waals surface area contributed by atoms with Crippen molar-refractivity contribution in [3.05, 3.63) is 29.7 Å². The van der Waals surface area contributed by atoms with Gasteiger partial charge in [-0.1, -0.05) is 6.42 Å². The van der Waals surface area contributed by atoms with Crippen molar-refractivity contribution in [1.82, 2.24) is 24.7 Å². The standard InChI is InChI=1S/C13H16N6O2.C2HF3O2/c20-13(21)12-14-6-5-9(16-12)15-8-11-18-17-10-4-2-1-3-7-19(10)11;3-2(4,5)1(6)7/h5-6H,1-4,7-8H2,(H,20,21)(H,14,15,16);(H,6,7). The molecule has 0 aromatic carbocycles. The molecule has 1 aliphatic rings. The maximum absolute atomic E-state index is 10.8. The predicted octanol–water partition coefficient (Wildman–Crippen LogP) is 1.74. The Kier molecular flexibility index (Phi) is 6.84. The molecule has 13 heteroatoms. The van der Waals surface area contributed by atoms with Gasteiger partial charge in [0.25, 0.3) is 0 Å². The molecule has 10 nitrogen and oxygen atoms in total. The summed E-state index contributed by atoms with van der Waals surface area (Å²) >= 11 is 0. The average Bonchev–Trinajstić information content (AvgIpc) is 2.86. The highest BCUT2D eigenvalue weighted by molar-refractivity contribution is 5.83. The van der Waals surface area contributed by atoms with Crippen LogP contribution in [-0.2, 0) is 24.3 Å². The molecule has 0 unspecified atom stereocenters. The summed E-state index contributed by atoms with van der Waals surface area (Å²) in [5.74, 6) is -1.78. The van der Waals surface area contributed by atoms with Crippen LogP contribution in [0.3, 0.4) is 0 Å². The minimum atomic E-state index is -5.08. The van der Waals surface area contributed by atoms with Gasteiger partial charge >= 0.3 is 18.1 Å². The van der Waals surface area contributed by atoms with Crippen LogP contribution in [0.1, 0.15) is 41.5 Å². The molecule has 0 amide bonds. The number of carboxylic acids is 2. The zero-order valence-electron chi connectivity index (χ0n) is 14.5. The molecule has 3 heterocycles. The second-order valence-electron chi connectivity index (χ2n) is 5.72. The van der Waals surface area contributed by atoms with E-state index in [1.54, 1.807) is 6.07 Å². The smallest absolute Gasteiger partial charge is 0.475 e. The fourth-order valence-corrected chi connectivity index (χ4v) is 2.41. The molecule has 28 heavy (non-hydrogen) atoms. The maximum atomic E-state index is 10.8. The van der Waals surface area contributed by atoms with Gasteiger partial charge in [0.05, 0.1) is 6.54 Å². The number of halogens is 3. The molecule has 3 N–H and O–H groups in total. The first kappa shape index (κ1) is 21.1. The third-order valence-corrected chi connectivity index (χ3v) is 3.70. The minimum Gasteiger partial charge on any atom is -0.475 e. The summed E-state index contributed by atoms with van der Waals surface area (Å²) in [5.41, 5.74) is 0. The van der Waals surface area contributed by atoms with Crippen molar-refractivity contribution in [3.8, 4) is 0 Å². The summed E-state index contributed by atoms with van der Waals surface area (Å²) in [4.78, 5) is 27.3. The van der Waals surface area contributed by atoms with E-state index in [4.69, 9.17) is 15.0 Å². The predicted molar refractivity (Wildman–Crippen MR) is 87.6 cm³/mol. The number of alkyl halides is 3. The second kappa shape index (κ2) is 9.10. The van der Waals surface area contributed by atoms with E-state index in [-0.39, 0.29) is 5.82 Å². The van der Waals surface area contributed by atoms with Crippen LogP contribution in [0.15, 0.2) is 12.3 Å². The molecule has 0 saturated carbocycles. The summed E-state index contributed by atoms with van der Waals surface area (Å²) in [6, 6.07) is 1.63. The summed E-state index contributed by atoms with van der Waals surface area (Å²) in [7, 11) is 0. The lowest BCUT2D eigenvalue weighted by Crippen LogP contribution is -2.21. The van der Waals surface area contributed by atoms with Crippen LogP contribution in [0.5, 0.6) is 0 Å². The van der Waals surface area contributed by atoms with E-state index in [0.29, 0.717) is 12.4 Å². The summed E-state index contributed by atoms with van der Waals surface area (Å²) in [6.45, 7) is 1.40. The Morgan fingerprint density at radius 2 is 1.89 bits per heavy atom. The van der Waals surface area contributed by atoms with Gasteiger partial charge in [0.1, 0.15) is 11.6 Å². The average molecular weight is 402 g/mol. The highest BCUT2D eigenvalue weighted by atomic mass is 19.4. The lowest BCUT2D eigenvalue weighted by atomic mass is 10.2. The zero-order chi connectivity index (χ0) is 20.7. The van der Waals surface area contributed by atoms with Gasteiger partial charge in [0.2, 0.25) is 5.82 Å². The van der Waals surface area contributed by atoms with Crippen LogP contribution >= 0.6 is 0 Å². The minimum absolute atomic E-state index is 0.222. The number of aromatic carboxylic acids is 1. The van der Waals surface area contributed by atoms with Gasteiger partial charge < -0.3 is 20.1 Å². The number of hydrogen-bond acceptors (Lipinski definition) is 7. The van der Waals surface area contributed by atoms with Crippen molar-refractivity contribution < 1.29 is 33.0 Å². The van der Waals surface area contributed by atoms with E-state index in [1.807, 2.05) is 0 Å². The van der Waals surface area contributed by atoms with Crippen molar-refractivity contribution in [2.75, 3.05) is 5.32 Å². The first-order valence-electron chi connectivity index (χ1n) is 8.19. The van der Waals surface area contributed by atoms with Gasteiger partial charge in [0, 0.05) is 19.2 Å². The van der Waals surface area contributed by atoms with Gasteiger partial charge in [-0.3, -0.25) is 0 Å². The molecular weight excluding hydrogens is 385 g/mol. The molecule has 2 aromatic heterocycles. The molecular formula is C15H17F3N6O4. The van der Waals surface area contributed by atoms with Crippen LogP contribution < -0.4 is 5.32 Å². The number of nitrogens with zero attached hydrogens (tertiary/aromatic N) is 5. The van der Waals surface area contributed by atoms with Crippen LogP contribution in [0, 0.1) is 0 Å².